The summed E-state index contributed by atoms with van der Waals surface area (Å²) in [5, 5.41) is 7.35. The molecular formula is C23H25N3O3S2. The topological polar surface area (TPSA) is 80.3 Å². The molecule has 0 aliphatic heterocycles. The highest BCUT2D eigenvalue weighted by atomic mass is 32.1. The Labute approximate surface area is 189 Å². The first-order valence-corrected chi connectivity index (χ1v) is 12.0. The zero-order valence-corrected chi connectivity index (χ0v) is 19.3. The highest BCUT2D eigenvalue weighted by Crippen LogP contribution is 2.39. The van der Waals surface area contributed by atoms with Gasteiger partial charge in [-0.05, 0) is 43.7 Å². The molecule has 8 heteroatoms. The maximum absolute atomic E-state index is 13.3. The van der Waals surface area contributed by atoms with Crippen molar-refractivity contribution in [3.05, 3.63) is 57.0 Å². The maximum Gasteiger partial charge on any atom is 0.276 e. The Morgan fingerprint density at radius 2 is 1.87 bits per heavy atom. The average Bonchev–Trinajstić information content (AvgIpc) is 3.34. The monoisotopic (exact) mass is 455 g/mol. The van der Waals surface area contributed by atoms with Gasteiger partial charge in [-0.1, -0.05) is 30.3 Å². The van der Waals surface area contributed by atoms with Crippen LogP contribution in [0.2, 0.25) is 0 Å². The highest BCUT2D eigenvalue weighted by Gasteiger charge is 2.27. The van der Waals surface area contributed by atoms with Crippen LogP contribution in [-0.4, -0.2) is 37.1 Å². The van der Waals surface area contributed by atoms with Gasteiger partial charge in [0.05, 0.1) is 22.1 Å². The molecular weight excluding hydrogens is 430 g/mol. The first kappa shape index (κ1) is 21.7. The zero-order valence-electron chi connectivity index (χ0n) is 17.6. The molecule has 0 radical (unpaired) electrons. The lowest BCUT2D eigenvalue weighted by Gasteiger charge is -2.13. The number of nitrogens with one attached hydrogen (secondary N) is 2. The fraction of sp³-hybridized carbons (Fsp3) is 0.348. The van der Waals surface area contributed by atoms with Gasteiger partial charge >= 0.3 is 0 Å². The lowest BCUT2D eigenvalue weighted by molar-refractivity contribution is 0.0937. The van der Waals surface area contributed by atoms with Crippen LogP contribution in [0.15, 0.2) is 30.3 Å². The van der Waals surface area contributed by atoms with E-state index in [1.54, 1.807) is 7.11 Å². The maximum atomic E-state index is 13.3. The number of hydrogen-bond donors (Lipinski definition) is 2. The third-order valence-corrected chi connectivity index (χ3v) is 7.43. The number of anilines is 1. The van der Waals surface area contributed by atoms with E-state index in [0.29, 0.717) is 29.4 Å². The molecule has 162 valence electrons. The number of carbonyl (C=O) groups is 2. The summed E-state index contributed by atoms with van der Waals surface area (Å²) in [5.74, 6) is -0.447. The summed E-state index contributed by atoms with van der Waals surface area (Å²) in [5.41, 5.74) is 3.02. The molecule has 2 N–H and O–H groups in total. The summed E-state index contributed by atoms with van der Waals surface area (Å²) in [6.45, 7) is 2.77. The number of benzene rings is 1. The number of rotatable bonds is 7. The van der Waals surface area contributed by atoms with Crippen LogP contribution in [0, 0.1) is 6.92 Å². The Hall–Kier alpha value is -2.55. The van der Waals surface area contributed by atoms with E-state index in [9.17, 15) is 9.59 Å². The van der Waals surface area contributed by atoms with Crippen LogP contribution in [0.25, 0.3) is 10.4 Å². The zero-order chi connectivity index (χ0) is 21.8. The van der Waals surface area contributed by atoms with E-state index in [1.807, 2.05) is 37.3 Å². The molecule has 6 nitrogen and oxygen atoms in total. The summed E-state index contributed by atoms with van der Waals surface area (Å²) < 4.78 is 5.04. The van der Waals surface area contributed by atoms with Crippen LogP contribution in [0.5, 0.6) is 0 Å². The Morgan fingerprint density at radius 3 is 2.65 bits per heavy atom. The minimum Gasteiger partial charge on any atom is -0.383 e. The van der Waals surface area contributed by atoms with E-state index < -0.39 is 0 Å². The van der Waals surface area contributed by atoms with Gasteiger partial charge in [0, 0.05) is 18.5 Å². The van der Waals surface area contributed by atoms with Gasteiger partial charge in [-0.2, -0.15) is 0 Å². The molecule has 0 unspecified atom stereocenters. The van der Waals surface area contributed by atoms with E-state index in [2.05, 4.69) is 15.6 Å². The summed E-state index contributed by atoms with van der Waals surface area (Å²) in [7, 11) is 1.60. The van der Waals surface area contributed by atoms with Crippen molar-refractivity contribution in [2.24, 2.45) is 0 Å². The first-order valence-electron chi connectivity index (χ1n) is 10.3. The molecule has 0 saturated heterocycles. The summed E-state index contributed by atoms with van der Waals surface area (Å²) >= 11 is 3.01. The third-order valence-electron chi connectivity index (χ3n) is 5.20. The van der Waals surface area contributed by atoms with Gasteiger partial charge in [0.2, 0.25) is 0 Å². The van der Waals surface area contributed by atoms with E-state index >= 15 is 0 Å². The standard InChI is InChI=1S/C23H25N3O3S2/c1-14-25-19(20(30-14)15-8-4-3-5-9-15)22(28)26-23-18(21(27)24-12-13-29-2)16-10-6-7-11-17(16)31-23/h3-5,8-9H,6-7,10-13H2,1-2H3,(H,24,27)(H,26,28). The van der Waals surface area contributed by atoms with E-state index in [1.165, 1.54) is 27.6 Å². The number of thiophene rings is 1. The molecule has 2 amide bonds. The van der Waals surface area contributed by atoms with Crippen molar-refractivity contribution in [3.8, 4) is 10.4 Å². The Morgan fingerprint density at radius 1 is 1.10 bits per heavy atom. The van der Waals surface area contributed by atoms with E-state index in [-0.39, 0.29) is 11.8 Å². The number of amides is 2. The molecule has 0 fully saturated rings. The molecule has 2 aromatic heterocycles. The summed E-state index contributed by atoms with van der Waals surface area (Å²) in [4.78, 5) is 32.7. The molecule has 3 aromatic rings. The molecule has 4 rings (SSSR count). The fourth-order valence-electron chi connectivity index (χ4n) is 3.78. The van der Waals surface area contributed by atoms with Gasteiger partial charge < -0.3 is 15.4 Å². The molecule has 31 heavy (non-hydrogen) atoms. The van der Waals surface area contributed by atoms with Crippen LogP contribution in [0.1, 0.15) is 49.1 Å². The fourth-order valence-corrected chi connectivity index (χ4v) is 5.98. The molecule has 1 aromatic carbocycles. The SMILES string of the molecule is COCCNC(=O)c1c(NC(=O)c2nc(C)sc2-c2ccccc2)sc2c1CCCC2. The van der Waals surface area contributed by atoms with Crippen molar-refractivity contribution in [1.29, 1.82) is 0 Å². The number of ether oxygens (including phenoxy) is 1. The van der Waals surface area contributed by atoms with Crippen LogP contribution >= 0.6 is 22.7 Å². The predicted octanol–water partition coefficient (Wildman–Crippen LogP) is 4.69. The Balaban J connectivity index is 1.65. The van der Waals surface area contributed by atoms with Crippen molar-refractivity contribution >= 4 is 39.5 Å². The molecule has 0 saturated carbocycles. The number of nitrogens with zero attached hydrogens (tertiary/aromatic N) is 1. The molecule has 0 atom stereocenters. The van der Waals surface area contributed by atoms with Gasteiger partial charge in [-0.3, -0.25) is 9.59 Å². The number of methoxy groups -OCH3 is 1. The number of fused-ring (bicyclic) bond motifs is 1. The molecule has 1 aliphatic carbocycles. The van der Waals surface area contributed by atoms with Crippen molar-refractivity contribution in [3.63, 3.8) is 0 Å². The van der Waals surface area contributed by atoms with E-state index in [4.69, 9.17) is 4.74 Å². The predicted molar refractivity (Wildman–Crippen MR) is 125 cm³/mol. The number of thiazole rings is 1. The molecule has 1 aliphatic rings. The van der Waals surface area contributed by atoms with E-state index in [0.717, 1.165) is 46.7 Å². The lowest BCUT2D eigenvalue weighted by Crippen LogP contribution is -2.28. The van der Waals surface area contributed by atoms with Gasteiger partial charge in [-0.25, -0.2) is 4.98 Å². The minimum absolute atomic E-state index is 0.163. The summed E-state index contributed by atoms with van der Waals surface area (Å²) in [6, 6.07) is 9.79. The van der Waals surface area contributed by atoms with Gasteiger partial charge in [0.25, 0.3) is 11.8 Å². The largest absolute Gasteiger partial charge is 0.383 e. The molecule has 0 bridgehead atoms. The third kappa shape index (κ3) is 4.71. The van der Waals surface area contributed by atoms with Crippen LogP contribution in [-0.2, 0) is 17.6 Å². The van der Waals surface area contributed by atoms with Crippen LogP contribution < -0.4 is 10.6 Å². The number of aryl methyl sites for hydroxylation is 2. The van der Waals surface area contributed by atoms with Gasteiger partial charge in [0.1, 0.15) is 10.7 Å². The lowest BCUT2D eigenvalue weighted by atomic mass is 9.95. The van der Waals surface area contributed by atoms with Crippen LogP contribution in [0.3, 0.4) is 0 Å². The number of aromatic nitrogens is 1. The van der Waals surface area contributed by atoms with Gasteiger partial charge in [-0.15, -0.1) is 22.7 Å². The quantitative estimate of drug-likeness (QED) is 0.507. The number of hydrogen-bond acceptors (Lipinski definition) is 6. The second-order valence-corrected chi connectivity index (χ2v) is 9.70. The normalized spacial score (nSPS) is 13.0. The van der Waals surface area contributed by atoms with Gasteiger partial charge in [0.15, 0.2) is 0 Å². The molecule has 2 heterocycles. The van der Waals surface area contributed by atoms with Crippen LogP contribution in [0.4, 0.5) is 5.00 Å². The average molecular weight is 456 g/mol. The second kappa shape index (κ2) is 9.72. The molecule has 0 spiro atoms. The van der Waals surface area contributed by atoms with Crippen molar-refractivity contribution in [2.45, 2.75) is 32.6 Å². The summed E-state index contributed by atoms with van der Waals surface area (Å²) in [6.07, 6.45) is 3.97. The second-order valence-electron chi connectivity index (χ2n) is 7.39. The van der Waals surface area contributed by atoms with Crippen molar-refractivity contribution in [1.82, 2.24) is 10.3 Å². The Bertz CT molecular complexity index is 1090. The highest BCUT2D eigenvalue weighted by molar-refractivity contribution is 7.17. The Kier molecular flexibility index (Phi) is 6.80. The number of carbonyl (C=O) groups excluding carboxylic acids is 2. The van der Waals surface area contributed by atoms with Crippen molar-refractivity contribution < 1.29 is 14.3 Å². The first-order chi connectivity index (χ1) is 15.1. The smallest absolute Gasteiger partial charge is 0.276 e. The van der Waals surface area contributed by atoms with Crippen molar-refractivity contribution in [2.75, 3.05) is 25.6 Å². The minimum atomic E-state index is -0.284.